The van der Waals surface area contributed by atoms with E-state index in [2.05, 4.69) is 0 Å². The van der Waals surface area contributed by atoms with Crippen LogP contribution in [-0.4, -0.2) is 24.6 Å². The van der Waals surface area contributed by atoms with Gasteiger partial charge in [0.2, 0.25) is 5.76 Å². The highest BCUT2D eigenvalue weighted by Gasteiger charge is 2.16. The molecule has 0 aliphatic heterocycles. The zero-order valence-electron chi connectivity index (χ0n) is 16.4. The Bertz CT molecular complexity index is 1060. The van der Waals surface area contributed by atoms with Crippen LogP contribution in [0.2, 0.25) is 0 Å². The van der Waals surface area contributed by atoms with Crippen molar-refractivity contribution in [3.63, 3.8) is 0 Å². The van der Waals surface area contributed by atoms with Gasteiger partial charge in [-0.3, -0.25) is 9.59 Å². The molecule has 0 fully saturated rings. The molecule has 29 heavy (non-hydrogen) atoms. The normalized spacial score (nSPS) is 10.4. The van der Waals surface area contributed by atoms with E-state index in [0.717, 1.165) is 5.56 Å². The number of ether oxygens (including phenoxy) is 2. The van der Waals surface area contributed by atoms with Crippen LogP contribution in [0.25, 0.3) is 11.3 Å². The van der Waals surface area contributed by atoms with E-state index in [9.17, 15) is 14.4 Å². The van der Waals surface area contributed by atoms with Gasteiger partial charge in [-0.25, -0.2) is 4.79 Å². The van der Waals surface area contributed by atoms with E-state index in [4.69, 9.17) is 13.9 Å². The highest BCUT2D eigenvalue weighted by molar-refractivity contribution is 5.95. The van der Waals surface area contributed by atoms with Gasteiger partial charge in [0.15, 0.2) is 11.6 Å². The van der Waals surface area contributed by atoms with Crippen molar-refractivity contribution in [2.24, 2.45) is 0 Å². The highest BCUT2D eigenvalue weighted by Crippen LogP contribution is 2.25. The third kappa shape index (κ3) is 4.60. The Kier molecular flexibility index (Phi) is 5.93. The Labute approximate surface area is 168 Å². The molecule has 0 saturated carbocycles. The summed E-state index contributed by atoms with van der Waals surface area (Å²) in [6.07, 6.45) is 0. The van der Waals surface area contributed by atoms with Crippen molar-refractivity contribution in [3.8, 4) is 17.1 Å². The van der Waals surface area contributed by atoms with Crippen molar-refractivity contribution in [2.75, 3.05) is 7.11 Å². The van der Waals surface area contributed by atoms with Crippen LogP contribution >= 0.6 is 0 Å². The van der Waals surface area contributed by atoms with Crippen molar-refractivity contribution in [2.45, 2.75) is 20.5 Å². The molecule has 1 heterocycles. The number of benzene rings is 2. The molecule has 0 amide bonds. The molecule has 0 unspecified atom stereocenters. The van der Waals surface area contributed by atoms with Crippen LogP contribution in [0.4, 0.5) is 0 Å². The third-order valence-electron chi connectivity index (χ3n) is 4.43. The van der Waals surface area contributed by atoms with Gasteiger partial charge in [0.1, 0.15) is 18.1 Å². The van der Waals surface area contributed by atoms with E-state index >= 15 is 0 Å². The van der Waals surface area contributed by atoms with Crippen LogP contribution < -0.4 is 4.74 Å². The van der Waals surface area contributed by atoms with Crippen LogP contribution in [0, 0.1) is 0 Å². The lowest BCUT2D eigenvalue weighted by Crippen LogP contribution is -2.06. The van der Waals surface area contributed by atoms with Gasteiger partial charge in [-0.1, -0.05) is 24.3 Å². The van der Waals surface area contributed by atoms with Crippen molar-refractivity contribution < 1.29 is 28.3 Å². The minimum absolute atomic E-state index is 0.0236. The summed E-state index contributed by atoms with van der Waals surface area (Å²) < 4.78 is 16.2. The second-order valence-corrected chi connectivity index (χ2v) is 6.46. The van der Waals surface area contributed by atoms with Crippen molar-refractivity contribution in [1.82, 2.24) is 0 Å². The monoisotopic (exact) mass is 392 g/mol. The summed E-state index contributed by atoms with van der Waals surface area (Å²) in [5, 5.41) is 0. The summed E-state index contributed by atoms with van der Waals surface area (Å²) in [5.74, 6) is 0.317. The summed E-state index contributed by atoms with van der Waals surface area (Å²) in [5.41, 5.74) is 2.43. The fraction of sp³-hybridized carbons (Fsp3) is 0.174. The zero-order chi connectivity index (χ0) is 21.0. The van der Waals surface area contributed by atoms with Gasteiger partial charge in [0, 0.05) is 22.3 Å². The summed E-state index contributed by atoms with van der Waals surface area (Å²) in [6.45, 7) is 2.90. The first kappa shape index (κ1) is 20.1. The van der Waals surface area contributed by atoms with E-state index in [0.29, 0.717) is 28.2 Å². The van der Waals surface area contributed by atoms with Crippen molar-refractivity contribution in [1.29, 1.82) is 0 Å². The Morgan fingerprint density at radius 1 is 0.862 bits per heavy atom. The van der Waals surface area contributed by atoms with Gasteiger partial charge in [0.25, 0.3) is 0 Å². The lowest BCUT2D eigenvalue weighted by Gasteiger charge is -2.10. The smallest absolute Gasteiger partial charge is 0.374 e. The number of hydrogen-bond acceptors (Lipinski definition) is 6. The van der Waals surface area contributed by atoms with Crippen LogP contribution in [0.1, 0.15) is 50.7 Å². The molecular weight excluding hydrogens is 372 g/mol. The first-order valence-electron chi connectivity index (χ1n) is 8.95. The molecule has 0 radical (unpaired) electrons. The molecule has 6 heteroatoms. The molecule has 0 atom stereocenters. The van der Waals surface area contributed by atoms with Crippen LogP contribution in [0.5, 0.6) is 5.75 Å². The molecule has 2 aromatic carbocycles. The van der Waals surface area contributed by atoms with Crippen molar-refractivity contribution in [3.05, 3.63) is 77.0 Å². The molecule has 0 spiro atoms. The Hall–Kier alpha value is -3.67. The number of ketones is 2. The SMILES string of the molecule is COc1ccc(C(C)=O)cc1COC(=O)c1ccc(-c2ccc(C(C)=O)cc2)o1. The van der Waals surface area contributed by atoms with E-state index in [1.165, 1.54) is 27.0 Å². The maximum Gasteiger partial charge on any atom is 0.374 e. The largest absolute Gasteiger partial charge is 0.496 e. The lowest BCUT2D eigenvalue weighted by atomic mass is 10.1. The van der Waals surface area contributed by atoms with Crippen LogP contribution in [0.15, 0.2) is 59.0 Å². The lowest BCUT2D eigenvalue weighted by molar-refractivity contribution is 0.0434. The van der Waals surface area contributed by atoms with Gasteiger partial charge in [-0.2, -0.15) is 0 Å². The molecule has 0 N–H and O–H groups in total. The quantitative estimate of drug-likeness (QED) is 0.427. The number of carbonyl (C=O) groups excluding carboxylic acids is 3. The minimum atomic E-state index is -0.633. The number of carbonyl (C=O) groups is 3. The summed E-state index contributed by atoms with van der Waals surface area (Å²) in [4.78, 5) is 35.3. The molecule has 148 valence electrons. The number of furan rings is 1. The predicted octanol–water partition coefficient (Wildman–Crippen LogP) is 4.72. The van der Waals surface area contributed by atoms with E-state index in [1.807, 2.05) is 0 Å². The molecule has 1 aromatic heterocycles. The Morgan fingerprint density at radius 3 is 2.14 bits per heavy atom. The molecule has 3 aromatic rings. The molecule has 3 rings (SSSR count). The van der Waals surface area contributed by atoms with Crippen LogP contribution in [-0.2, 0) is 11.3 Å². The van der Waals surface area contributed by atoms with Gasteiger partial charge < -0.3 is 13.9 Å². The zero-order valence-corrected chi connectivity index (χ0v) is 16.4. The van der Waals surface area contributed by atoms with Gasteiger partial charge in [-0.05, 0) is 44.2 Å². The maximum atomic E-state index is 12.4. The standard InChI is InChI=1S/C23H20O6/c1-14(24)16-4-6-17(7-5-16)21-10-11-22(29-21)23(26)28-13-19-12-18(15(2)25)8-9-20(19)27-3/h4-12H,13H2,1-3H3. The molecule has 0 saturated heterocycles. The Balaban J connectivity index is 1.72. The number of Topliss-reactive ketones (excluding diaryl/α,β-unsaturated/α-hetero) is 2. The fourth-order valence-corrected chi connectivity index (χ4v) is 2.80. The fourth-order valence-electron chi connectivity index (χ4n) is 2.80. The topological polar surface area (TPSA) is 82.8 Å². The first-order chi connectivity index (χ1) is 13.9. The van der Waals surface area contributed by atoms with Gasteiger partial charge in [-0.15, -0.1) is 0 Å². The minimum Gasteiger partial charge on any atom is -0.496 e. The molecule has 0 bridgehead atoms. The average Bonchev–Trinajstić information content (AvgIpc) is 3.22. The first-order valence-corrected chi connectivity index (χ1v) is 8.95. The second kappa shape index (κ2) is 8.56. The summed E-state index contributed by atoms with van der Waals surface area (Å²) in [7, 11) is 1.50. The van der Waals surface area contributed by atoms with Gasteiger partial charge >= 0.3 is 5.97 Å². The molecule has 0 aliphatic carbocycles. The number of hydrogen-bond donors (Lipinski definition) is 0. The van der Waals surface area contributed by atoms with E-state index in [1.54, 1.807) is 48.5 Å². The van der Waals surface area contributed by atoms with E-state index < -0.39 is 5.97 Å². The second-order valence-electron chi connectivity index (χ2n) is 6.46. The van der Waals surface area contributed by atoms with Crippen LogP contribution in [0.3, 0.4) is 0 Å². The maximum absolute atomic E-state index is 12.4. The molecular formula is C23H20O6. The third-order valence-corrected chi connectivity index (χ3v) is 4.43. The molecule has 0 aliphatic rings. The number of rotatable bonds is 7. The Morgan fingerprint density at radius 2 is 1.52 bits per heavy atom. The van der Waals surface area contributed by atoms with E-state index in [-0.39, 0.29) is 23.9 Å². The van der Waals surface area contributed by atoms with Crippen molar-refractivity contribution >= 4 is 17.5 Å². The summed E-state index contributed by atoms with van der Waals surface area (Å²) >= 11 is 0. The van der Waals surface area contributed by atoms with Gasteiger partial charge in [0.05, 0.1) is 7.11 Å². The average molecular weight is 392 g/mol. The predicted molar refractivity (Wildman–Crippen MR) is 106 cm³/mol. The number of esters is 1. The molecule has 6 nitrogen and oxygen atoms in total. The number of methoxy groups -OCH3 is 1. The highest BCUT2D eigenvalue weighted by atomic mass is 16.5. The summed E-state index contributed by atoms with van der Waals surface area (Å²) in [6, 6.07) is 15.1.